The van der Waals surface area contributed by atoms with Crippen molar-refractivity contribution in [1.82, 2.24) is 19.7 Å². The topological polar surface area (TPSA) is 53.5 Å². The highest BCUT2D eigenvalue weighted by atomic mass is 16.5. The maximum Gasteiger partial charge on any atom is 0.152 e. The van der Waals surface area contributed by atoms with E-state index in [1.165, 1.54) is 35.2 Å². The fraction of sp³-hybridized carbons (Fsp3) is 0.516. The summed E-state index contributed by atoms with van der Waals surface area (Å²) in [5, 5.41) is 1.20. The van der Waals surface area contributed by atoms with E-state index in [4.69, 9.17) is 14.2 Å². The third-order valence-corrected chi connectivity index (χ3v) is 7.71. The highest BCUT2D eigenvalue weighted by Crippen LogP contribution is 2.35. The molecule has 0 unspecified atom stereocenters. The molecule has 3 aliphatic rings. The third-order valence-electron chi connectivity index (χ3n) is 7.71. The van der Waals surface area contributed by atoms with Gasteiger partial charge >= 0.3 is 0 Å². The molecule has 4 heterocycles. The first-order valence-electron chi connectivity index (χ1n) is 14.3. The van der Waals surface area contributed by atoms with E-state index in [1.807, 2.05) is 24.4 Å². The molecule has 0 N–H and O–H groups in total. The Bertz CT molecular complexity index is 1210. The zero-order chi connectivity index (χ0) is 27.0. The zero-order valence-corrected chi connectivity index (χ0v) is 23.8. The normalized spacial score (nSPS) is 18.7. The number of benzene rings is 2. The number of piperazine rings is 1. The SMILES string of the molecule is CCCN1CCOCC1.COc1ccccc1N1CCN(Cc2cc3c(c4ncccc24)OCN(C)C3)CC1. The molecule has 0 saturated carbocycles. The maximum absolute atomic E-state index is 6.01. The fourth-order valence-corrected chi connectivity index (χ4v) is 5.69. The monoisotopic (exact) mass is 533 g/mol. The molecule has 8 nitrogen and oxygen atoms in total. The largest absolute Gasteiger partial charge is 0.495 e. The number of rotatable bonds is 6. The van der Waals surface area contributed by atoms with E-state index in [0.717, 1.165) is 82.6 Å². The summed E-state index contributed by atoms with van der Waals surface area (Å²) in [6.07, 6.45) is 3.13. The summed E-state index contributed by atoms with van der Waals surface area (Å²) in [5.41, 5.74) is 4.74. The minimum Gasteiger partial charge on any atom is -0.495 e. The summed E-state index contributed by atoms with van der Waals surface area (Å²) in [6, 6.07) is 14.8. The summed E-state index contributed by atoms with van der Waals surface area (Å²) in [6.45, 7) is 14.1. The Kier molecular flexibility index (Phi) is 9.53. The van der Waals surface area contributed by atoms with Crippen LogP contribution in [0, 0.1) is 0 Å². The van der Waals surface area contributed by atoms with E-state index in [1.54, 1.807) is 7.11 Å². The smallest absolute Gasteiger partial charge is 0.152 e. The van der Waals surface area contributed by atoms with Crippen LogP contribution in [-0.4, -0.2) is 99.6 Å². The first-order valence-corrected chi connectivity index (χ1v) is 14.3. The Morgan fingerprint density at radius 1 is 0.949 bits per heavy atom. The van der Waals surface area contributed by atoms with E-state index in [-0.39, 0.29) is 0 Å². The van der Waals surface area contributed by atoms with Crippen molar-refractivity contribution >= 4 is 16.6 Å². The van der Waals surface area contributed by atoms with E-state index >= 15 is 0 Å². The van der Waals surface area contributed by atoms with Gasteiger partial charge in [-0.1, -0.05) is 25.1 Å². The molecule has 0 bridgehead atoms. The van der Waals surface area contributed by atoms with Gasteiger partial charge in [-0.15, -0.1) is 0 Å². The first kappa shape index (κ1) is 27.6. The number of pyridine rings is 1. The highest BCUT2D eigenvalue weighted by Gasteiger charge is 2.23. The van der Waals surface area contributed by atoms with Crippen LogP contribution in [-0.2, 0) is 17.8 Å². The molecular formula is C31H43N5O3. The second kappa shape index (κ2) is 13.4. The lowest BCUT2D eigenvalue weighted by Crippen LogP contribution is -2.46. The van der Waals surface area contributed by atoms with Crippen LogP contribution >= 0.6 is 0 Å². The van der Waals surface area contributed by atoms with Crippen molar-refractivity contribution in [2.45, 2.75) is 26.4 Å². The van der Waals surface area contributed by atoms with Crippen molar-refractivity contribution in [2.75, 3.05) is 84.8 Å². The minimum absolute atomic E-state index is 0.614. The standard InChI is InChI=1S/C24H28N4O2.C7H15NO/c1-26-15-19-14-18(20-6-5-9-25-23(20)24(19)30-17-26)16-27-10-12-28(13-11-27)21-7-3-4-8-22(21)29-2;1-2-3-8-4-6-9-7-5-8/h3-9,14H,10-13,15-17H2,1-2H3;2-7H2,1H3. The molecule has 8 heteroatoms. The van der Waals surface area contributed by atoms with Crippen molar-refractivity contribution in [2.24, 2.45) is 0 Å². The van der Waals surface area contributed by atoms with Crippen LogP contribution in [0.4, 0.5) is 5.69 Å². The Morgan fingerprint density at radius 3 is 2.51 bits per heavy atom. The number of nitrogens with zero attached hydrogens (tertiary/aromatic N) is 5. The van der Waals surface area contributed by atoms with Crippen LogP contribution in [0.5, 0.6) is 11.5 Å². The minimum atomic E-state index is 0.614. The van der Waals surface area contributed by atoms with E-state index < -0.39 is 0 Å². The van der Waals surface area contributed by atoms with Crippen LogP contribution in [0.1, 0.15) is 24.5 Å². The van der Waals surface area contributed by atoms with Crippen molar-refractivity contribution in [3.05, 3.63) is 59.8 Å². The summed E-state index contributed by atoms with van der Waals surface area (Å²) in [5.74, 6) is 1.90. The first-order chi connectivity index (χ1) is 19.2. The second-order valence-corrected chi connectivity index (χ2v) is 10.6. The van der Waals surface area contributed by atoms with Gasteiger partial charge in [0.15, 0.2) is 5.75 Å². The van der Waals surface area contributed by atoms with Gasteiger partial charge in [0.25, 0.3) is 0 Å². The van der Waals surface area contributed by atoms with E-state index in [2.05, 4.69) is 62.8 Å². The number of morpholine rings is 1. The molecule has 210 valence electrons. The summed E-state index contributed by atoms with van der Waals surface area (Å²) >= 11 is 0. The Balaban J connectivity index is 0.000000292. The van der Waals surface area contributed by atoms with Crippen molar-refractivity contribution in [3.63, 3.8) is 0 Å². The van der Waals surface area contributed by atoms with Gasteiger partial charge in [-0.25, -0.2) is 0 Å². The average molecular weight is 534 g/mol. The van der Waals surface area contributed by atoms with Gasteiger partial charge in [0.2, 0.25) is 0 Å². The summed E-state index contributed by atoms with van der Waals surface area (Å²) in [7, 11) is 3.83. The molecule has 39 heavy (non-hydrogen) atoms. The fourth-order valence-electron chi connectivity index (χ4n) is 5.69. The molecule has 3 aliphatic heterocycles. The van der Waals surface area contributed by atoms with E-state index in [9.17, 15) is 0 Å². The molecule has 0 atom stereocenters. The highest BCUT2D eigenvalue weighted by molar-refractivity contribution is 5.89. The van der Waals surface area contributed by atoms with Crippen LogP contribution in [0.3, 0.4) is 0 Å². The number of ether oxygens (including phenoxy) is 3. The van der Waals surface area contributed by atoms with Crippen LogP contribution in [0.2, 0.25) is 0 Å². The second-order valence-electron chi connectivity index (χ2n) is 10.6. The molecule has 0 aliphatic carbocycles. The summed E-state index contributed by atoms with van der Waals surface area (Å²) in [4.78, 5) is 14.3. The molecule has 0 radical (unpaired) electrons. The van der Waals surface area contributed by atoms with Crippen molar-refractivity contribution in [1.29, 1.82) is 0 Å². The number of hydrogen-bond acceptors (Lipinski definition) is 8. The molecule has 6 rings (SSSR count). The van der Waals surface area contributed by atoms with Gasteiger partial charge in [0, 0.05) is 69.5 Å². The Morgan fingerprint density at radius 2 is 1.74 bits per heavy atom. The number of hydrogen-bond donors (Lipinski definition) is 0. The van der Waals surface area contributed by atoms with E-state index in [0.29, 0.717) is 6.73 Å². The number of methoxy groups -OCH3 is 1. The lowest BCUT2D eigenvalue weighted by Gasteiger charge is -2.37. The van der Waals surface area contributed by atoms with Crippen molar-refractivity contribution in [3.8, 4) is 11.5 Å². The van der Waals surface area contributed by atoms with Crippen LogP contribution in [0.15, 0.2) is 48.7 Å². The molecular weight excluding hydrogens is 490 g/mol. The van der Waals surface area contributed by atoms with Gasteiger partial charge < -0.3 is 19.1 Å². The molecule has 1 aromatic heterocycles. The Hall–Kier alpha value is -2.91. The number of para-hydroxylation sites is 2. The van der Waals surface area contributed by atoms with Crippen LogP contribution < -0.4 is 14.4 Å². The van der Waals surface area contributed by atoms with Gasteiger partial charge in [-0.2, -0.15) is 0 Å². The van der Waals surface area contributed by atoms with Crippen molar-refractivity contribution < 1.29 is 14.2 Å². The number of anilines is 1. The van der Waals surface area contributed by atoms with Crippen LogP contribution in [0.25, 0.3) is 10.9 Å². The zero-order valence-electron chi connectivity index (χ0n) is 23.8. The van der Waals surface area contributed by atoms with Gasteiger partial charge in [0.1, 0.15) is 18.0 Å². The molecule has 0 amide bonds. The molecule has 0 spiro atoms. The predicted molar refractivity (Wildman–Crippen MR) is 157 cm³/mol. The molecule has 2 fully saturated rings. The lowest BCUT2D eigenvalue weighted by atomic mass is 10.0. The van der Waals surface area contributed by atoms with Gasteiger partial charge in [-0.05, 0) is 49.8 Å². The Labute approximate surface area is 233 Å². The quantitative estimate of drug-likeness (QED) is 0.470. The average Bonchev–Trinajstić information content (AvgIpc) is 2.98. The lowest BCUT2D eigenvalue weighted by molar-refractivity contribution is 0.0380. The van der Waals surface area contributed by atoms with Gasteiger partial charge in [-0.3, -0.25) is 19.7 Å². The number of fused-ring (bicyclic) bond motifs is 3. The maximum atomic E-state index is 6.01. The third kappa shape index (κ3) is 6.81. The predicted octanol–water partition coefficient (Wildman–Crippen LogP) is 4.08. The molecule has 2 saturated heterocycles. The van der Waals surface area contributed by atoms with Gasteiger partial charge in [0.05, 0.1) is 26.0 Å². The molecule has 3 aromatic rings. The summed E-state index contributed by atoms with van der Waals surface area (Å²) < 4.78 is 16.8. The molecule has 2 aromatic carbocycles. The number of aromatic nitrogens is 1.